The number of nitrogens with zero attached hydrogens (tertiary/aromatic N) is 2. The van der Waals surface area contributed by atoms with E-state index in [1.54, 1.807) is 6.20 Å². The molecule has 1 aliphatic rings. The Morgan fingerprint density at radius 3 is 3.16 bits per heavy atom. The maximum atomic E-state index is 5.87. The van der Waals surface area contributed by atoms with Crippen molar-refractivity contribution in [2.24, 2.45) is 0 Å². The molecule has 0 saturated carbocycles. The number of pyridine rings is 1. The van der Waals surface area contributed by atoms with E-state index in [1.807, 2.05) is 6.07 Å². The summed E-state index contributed by atoms with van der Waals surface area (Å²) in [6.45, 7) is 5.86. The Kier molecular flexibility index (Phi) is 5.61. The first-order chi connectivity index (χ1) is 9.31. The monoisotopic (exact) mass is 263 g/mol. The van der Waals surface area contributed by atoms with E-state index in [2.05, 4.69) is 35.2 Å². The van der Waals surface area contributed by atoms with Gasteiger partial charge in [0.25, 0.3) is 0 Å². The highest BCUT2D eigenvalue weighted by molar-refractivity contribution is 5.25. The fourth-order valence-corrected chi connectivity index (χ4v) is 2.58. The summed E-state index contributed by atoms with van der Waals surface area (Å²) in [5.41, 5.74) is 1.14. The SMILES string of the molecule is CCNCc1cccnc1OCCC1CCCN1C. The third kappa shape index (κ3) is 4.18. The van der Waals surface area contributed by atoms with Crippen molar-refractivity contribution in [2.75, 3.05) is 26.7 Å². The molecule has 1 unspecified atom stereocenters. The second-order valence-electron chi connectivity index (χ2n) is 5.16. The molecule has 1 aromatic rings. The summed E-state index contributed by atoms with van der Waals surface area (Å²) >= 11 is 0. The minimum absolute atomic E-state index is 0.681. The van der Waals surface area contributed by atoms with Crippen LogP contribution >= 0.6 is 0 Å². The summed E-state index contributed by atoms with van der Waals surface area (Å²) in [5.74, 6) is 0.782. The van der Waals surface area contributed by atoms with E-state index in [4.69, 9.17) is 4.74 Å². The summed E-state index contributed by atoms with van der Waals surface area (Å²) in [6, 6.07) is 4.72. The highest BCUT2D eigenvalue weighted by atomic mass is 16.5. The average Bonchev–Trinajstić information content (AvgIpc) is 2.83. The van der Waals surface area contributed by atoms with Crippen LogP contribution in [0.2, 0.25) is 0 Å². The van der Waals surface area contributed by atoms with Gasteiger partial charge in [-0.25, -0.2) is 4.98 Å². The lowest BCUT2D eigenvalue weighted by Gasteiger charge is -2.19. The van der Waals surface area contributed by atoms with E-state index >= 15 is 0 Å². The molecule has 1 aromatic heterocycles. The zero-order chi connectivity index (χ0) is 13.5. The van der Waals surface area contributed by atoms with Crippen molar-refractivity contribution in [3.63, 3.8) is 0 Å². The Labute approximate surface area is 116 Å². The first kappa shape index (κ1) is 14.3. The molecule has 106 valence electrons. The standard InChI is InChI=1S/C15H25N3O/c1-3-16-12-13-6-4-9-17-15(13)19-11-8-14-7-5-10-18(14)2/h4,6,9,14,16H,3,5,7-8,10-12H2,1-2H3. The number of hydrogen-bond acceptors (Lipinski definition) is 4. The van der Waals surface area contributed by atoms with Gasteiger partial charge in [0.05, 0.1) is 6.61 Å². The Morgan fingerprint density at radius 1 is 1.53 bits per heavy atom. The first-order valence-corrected chi connectivity index (χ1v) is 7.29. The quantitative estimate of drug-likeness (QED) is 0.817. The molecule has 1 aliphatic heterocycles. The van der Waals surface area contributed by atoms with E-state index in [0.29, 0.717) is 6.04 Å². The summed E-state index contributed by atoms with van der Waals surface area (Å²) in [7, 11) is 2.20. The fourth-order valence-electron chi connectivity index (χ4n) is 2.58. The van der Waals surface area contributed by atoms with Crippen LogP contribution < -0.4 is 10.1 Å². The molecule has 1 fully saturated rings. The van der Waals surface area contributed by atoms with Crippen molar-refractivity contribution in [1.29, 1.82) is 0 Å². The van der Waals surface area contributed by atoms with Gasteiger partial charge in [0.1, 0.15) is 0 Å². The second kappa shape index (κ2) is 7.46. The maximum Gasteiger partial charge on any atom is 0.217 e. The Bertz CT molecular complexity index is 383. The summed E-state index contributed by atoms with van der Waals surface area (Å²) < 4.78 is 5.87. The van der Waals surface area contributed by atoms with Gasteiger partial charge in [0.15, 0.2) is 0 Å². The average molecular weight is 263 g/mol. The van der Waals surface area contributed by atoms with Crippen LogP contribution in [-0.4, -0.2) is 42.7 Å². The molecule has 1 N–H and O–H groups in total. The highest BCUT2D eigenvalue weighted by Crippen LogP contribution is 2.19. The molecule has 0 aromatic carbocycles. The molecule has 0 radical (unpaired) electrons. The topological polar surface area (TPSA) is 37.4 Å². The number of likely N-dealkylation sites (tertiary alicyclic amines) is 1. The number of ether oxygens (including phenoxy) is 1. The lowest BCUT2D eigenvalue weighted by atomic mass is 10.1. The minimum Gasteiger partial charge on any atom is -0.477 e. The molecule has 4 heteroatoms. The van der Waals surface area contributed by atoms with Crippen LogP contribution in [0, 0.1) is 0 Å². The van der Waals surface area contributed by atoms with E-state index in [1.165, 1.54) is 19.4 Å². The first-order valence-electron chi connectivity index (χ1n) is 7.29. The molecule has 1 saturated heterocycles. The fraction of sp³-hybridized carbons (Fsp3) is 0.667. The zero-order valence-electron chi connectivity index (χ0n) is 12.1. The normalized spacial score (nSPS) is 19.8. The van der Waals surface area contributed by atoms with E-state index in [0.717, 1.165) is 37.6 Å². The van der Waals surface area contributed by atoms with Gasteiger partial charge in [-0.2, -0.15) is 0 Å². The maximum absolute atomic E-state index is 5.87. The lowest BCUT2D eigenvalue weighted by Crippen LogP contribution is -2.26. The Balaban J connectivity index is 1.81. The molecule has 4 nitrogen and oxygen atoms in total. The van der Waals surface area contributed by atoms with Gasteiger partial charge in [-0.05, 0) is 45.5 Å². The third-order valence-electron chi connectivity index (χ3n) is 3.78. The highest BCUT2D eigenvalue weighted by Gasteiger charge is 2.20. The molecule has 0 amide bonds. The van der Waals surface area contributed by atoms with E-state index in [-0.39, 0.29) is 0 Å². The van der Waals surface area contributed by atoms with E-state index < -0.39 is 0 Å². The summed E-state index contributed by atoms with van der Waals surface area (Å²) in [5, 5.41) is 3.32. The lowest BCUT2D eigenvalue weighted by molar-refractivity contribution is 0.227. The van der Waals surface area contributed by atoms with Gasteiger partial charge in [0, 0.05) is 24.3 Å². The zero-order valence-corrected chi connectivity index (χ0v) is 12.1. The van der Waals surface area contributed by atoms with Crippen LogP contribution in [0.5, 0.6) is 5.88 Å². The van der Waals surface area contributed by atoms with Crippen molar-refractivity contribution in [3.8, 4) is 5.88 Å². The minimum atomic E-state index is 0.681. The molecule has 0 spiro atoms. The largest absolute Gasteiger partial charge is 0.477 e. The number of rotatable bonds is 7. The number of nitrogens with one attached hydrogen (secondary N) is 1. The Hall–Kier alpha value is -1.13. The van der Waals surface area contributed by atoms with Gasteiger partial charge in [-0.3, -0.25) is 0 Å². The molecular weight excluding hydrogens is 238 g/mol. The molecule has 0 bridgehead atoms. The van der Waals surface area contributed by atoms with Crippen LogP contribution in [0.1, 0.15) is 31.7 Å². The number of aromatic nitrogens is 1. The molecule has 1 atom stereocenters. The third-order valence-corrected chi connectivity index (χ3v) is 3.78. The van der Waals surface area contributed by atoms with Crippen LogP contribution in [0.15, 0.2) is 18.3 Å². The van der Waals surface area contributed by atoms with Crippen LogP contribution in [-0.2, 0) is 6.54 Å². The van der Waals surface area contributed by atoms with Crippen molar-refractivity contribution in [3.05, 3.63) is 23.9 Å². The van der Waals surface area contributed by atoms with Gasteiger partial charge in [-0.1, -0.05) is 13.0 Å². The molecule has 19 heavy (non-hydrogen) atoms. The molecule has 0 aliphatic carbocycles. The van der Waals surface area contributed by atoms with Gasteiger partial charge >= 0.3 is 0 Å². The van der Waals surface area contributed by atoms with Gasteiger partial charge in [-0.15, -0.1) is 0 Å². The predicted octanol–water partition coefficient (Wildman–Crippen LogP) is 2.05. The van der Waals surface area contributed by atoms with Crippen molar-refractivity contribution >= 4 is 0 Å². The second-order valence-corrected chi connectivity index (χ2v) is 5.16. The van der Waals surface area contributed by atoms with E-state index in [9.17, 15) is 0 Å². The predicted molar refractivity (Wildman–Crippen MR) is 77.4 cm³/mol. The molecule has 2 rings (SSSR count). The van der Waals surface area contributed by atoms with Crippen LogP contribution in [0.4, 0.5) is 0 Å². The van der Waals surface area contributed by atoms with Gasteiger partial charge < -0.3 is 15.0 Å². The van der Waals surface area contributed by atoms with Gasteiger partial charge in [0.2, 0.25) is 5.88 Å². The molecule has 2 heterocycles. The molecular formula is C15H25N3O. The van der Waals surface area contributed by atoms with Crippen molar-refractivity contribution < 1.29 is 4.74 Å². The van der Waals surface area contributed by atoms with Crippen molar-refractivity contribution in [2.45, 2.75) is 38.8 Å². The van der Waals surface area contributed by atoms with Crippen molar-refractivity contribution in [1.82, 2.24) is 15.2 Å². The van der Waals surface area contributed by atoms with Crippen LogP contribution in [0.25, 0.3) is 0 Å². The summed E-state index contributed by atoms with van der Waals surface area (Å²) in [6.07, 6.45) is 5.50. The Morgan fingerprint density at radius 2 is 2.42 bits per heavy atom. The number of hydrogen-bond donors (Lipinski definition) is 1. The van der Waals surface area contributed by atoms with Crippen LogP contribution in [0.3, 0.4) is 0 Å². The smallest absolute Gasteiger partial charge is 0.217 e. The summed E-state index contributed by atoms with van der Waals surface area (Å²) in [4.78, 5) is 6.77.